The van der Waals surface area contributed by atoms with Gasteiger partial charge in [-0.15, -0.1) is 0 Å². The summed E-state index contributed by atoms with van der Waals surface area (Å²) in [5.74, 6) is 0.906. The maximum absolute atomic E-state index is 12.9. The van der Waals surface area contributed by atoms with Gasteiger partial charge >= 0.3 is 6.18 Å². The number of nitrogens with one attached hydrogen (secondary N) is 1. The summed E-state index contributed by atoms with van der Waals surface area (Å²) in [6.07, 6.45) is -2.70. The molecule has 0 aromatic heterocycles. The summed E-state index contributed by atoms with van der Waals surface area (Å²) in [5, 5.41) is 3.36. The molecule has 5 heteroatoms. The molecule has 132 valence electrons. The van der Waals surface area contributed by atoms with Crippen LogP contribution in [0.2, 0.25) is 0 Å². The van der Waals surface area contributed by atoms with Crippen LogP contribution < -0.4 is 10.1 Å². The van der Waals surface area contributed by atoms with Crippen LogP contribution in [-0.2, 0) is 18.0 Å². The lowest BCUT2D eigenvalue weighted by atomic mass is 9.74. The zero-order valence-corrected chi connectivity index (χ0v) is 14.0. The van der Waals surface area contributed by atoms with Gasteiger partial charge in [-0.2, -0.15) is 13.2 Å². The van der Waals surface area contributed by atoms with Crippen molar-refractivity contribution in [1.29, 1.82) is 0 Å². The molecule has 1 N–H and O–H groups in total. The van der Waals surface area contributed by atoms with Crippen molar-refractivity contribution in [3.63, 3.8) is 0 Å². The summed E-state index contributed by atoms with van der Waals surface area (Å²) in [5.41, 5.74) is 2.25. The zero-order chi connectivity index (χ0) is 17.7. The number of hydrogen-bond donors (Lipinski definition) is 1. The Morgan fingerprint density at radius 1 is 1.16 bits per heavy atom. The van der Waals surface area contributed by atoms with Gasteiger partial charge in [0.15, 0.2) is 0 Å². The molecule has 2 nitrogen and oxygen atoms in total. The fourth-order valence-corrected chi connectivity index (χ4v) is 3.93. The molecular weight excluding hydrogens is 327 g/mol. The average Bonchev–Trinajstić information content (AvgIpc) is 2.87. The lowest BCUT2D eigenvalue weighted by Gasteiger charge is -2.35. The first kappa shape index (κ1) is 16.5. The Morgan fingerprint density at radius 2 is 1.96 bits per heavy atom. The third-order valence-electron chi connectivity index (χ3n) is 5.45. The van der Waals surface area contributed by atoms with E-state index in [1.165, 1.54) is 17.7 Å². The molecule has 25 heavy (non-hydrogen) atoms. The van der Waals surface area contributed by atoms with Crippen molar-refractivity contribution in [3.8, 4) is 5.75 Å². The molecular formula is C20H20F3NO. The fourth-order valence-electron chi connectivity index (χ4n) is 3.93. The van der Waals surface area contributed by atoms with Crippen LogP contribution in [0.4, 0.5) is 13.2 Å². The van der Waals surface area contributed by atoms with Gasteiger partial charge in [-0.05, 0) is 42.6 Å². The SMILES string of the molecule is CC12CCNCC1Oc1ccc(Cc3cccc(C(F)(F)F)c3)cc12. The number of halogens is 3. The minimum Gasteiger partial charge on any atom is -0.488 e. The molecule has 0 amide bonds. The van der Waals surface area contributed by atoms with E-state index >= 15 is 0 Å². The van der Waals surface area contributed by atoms with Crippen molar-refractivity contribution in [2.45, 2.75) is 37.5 Å². The highest BCUT2D eigenvalue weighted by Crippen LogP contribution is 2.46. The predicted molar refractivity (Wildman–Crippen MR) is 89.9 cm³/mol. The summed E-state index contributed by atoms with van der Waals surface area (Å²) >= 11 is 0. The van der Waals surface area contributed by atoms with E-state index in [1.54, 1.807) is 6.07 Å². The Balaban J connectivity index is 1.63. The Bertz CT molecular complexity index is 802. The van der Waals surface area contributed by atoms with Crippen molar-refractivity contribution in [2.24, 2.45) is 0 Å². The second kappa shape index (κ2) is 5.77. The molecule has 2 aliphatic heterocycles. The van der Waals surface area contributed by atoms with E-state index in [2.05, 4.69) is 18.3 Å². The largest absolute Gasteiger partial charge is 0.488 e. The van der Waals surface area contributed by atoms with Crippen LogP contribution >= 0.6 is 0 Å². The number of benzene rings is 2. The van der Waals surface area contributed by atoms with Crippen molar-refractivity contribution < 1.29 is 17.9 Å². The van der Waals surface area contributed by atoms with Crippen molar-refractivity contribution >= 4 is 0 Å². The molecule has 0 bridgehead atoms. The van der Waals surface area contributed by atoms with Gasteiger partial charge < -0.3 is 10.1 Å². The van der Waals surface area contributed by atoms with E-state index in [1.807, 2.05) is 12.1 Å². The monoisotopic (exact) mass is 347 g/mol. The van der Waals surface area contributed by atoms with Crippen LogP contribution in [0.15, 0.2) is 42.5 Å². The zero-order valence-electron chi connectivity index (χ0n) is 14.0. The normalized spacial score (nSPS) is 25.2. The molecule has 2 unspecified atom stereocenters. The first-order valence-corrected chi connectivity index (χ1v) is 8.53. The van der Waals surface area contributed by atoms with E-state index in [4.69, 9.17) is 4.74 Å². The van der Waals surface area contributed by atoms with Gasteiger partial charge in [-0.1, -0.05) is 37.3 Å². The van der Waals surface area contributed by atoms with Gasteiger partial charge in [0.2, 0.25) is 0 Å². The minimum atomic E-state index is -4.31. The first-order chi connectivity index (χ1) is 11.9. The van der Waals surface area contributed by atoms with Gasteiger partial charge in [0.1, 0.15) is 11.9 Å². The highest BCUT2D eigenvalue weighted by atomic mass is 19.4. The smallest absolute Gasteiger partial charge is 0.416 e. The van der Waals surface area contributed by atoms with Crippen LogP contribution in [0.1, 0.15) is 35.6 Å². The molecule has 2 aliphatic rings. The molecule has 1 fully saturated rings. The van der Waals surface area contributed by atoms with Gasteiger partial charge in [-0.3, -0.25) is 0 Å². The predicted octanol–water partition coefficient (Wildman–Crippen LogP) is 4.31. The number of ether oxygens (including phenoxy) is 1. The van der Waals surface area contributed by atoms with E-state index in [-0.39, 0.29) is 11.5 Å². The van der Waals surface area contributed by atoms with Crippen molar-refractivity contribution in [3.05, 3.63) is 64.7 Å². The summed E-state index contributed by atoms with van der Waals surface area (Å²) in [7, 11) is 0. The third-order valence-corrected chi connectivity index (χ3v) is 5.45. The van der Waals surface area contributed by atoms with Crippen LogP contribution in [0.5, 0.6) is 5.75 Å². The molecule has 2 aromatic rings. The van der Waals surface area contributed by atoms with Crippen LogP contribution in [0.25, 0.3) is 0 Å². The standard InChI is InChI=1S/C20H20F3NO/c1-19-7-8-24-12-18(19)25-17-6-5-14(11-16(17)19)9-13-3-2-4-15(10-13)20(21,22)23/h2-6,10-11,18,24H,7-9,12H2,1H3. The highest BCUT2D eigenvalue weighted by Gasteiger charge is 2.46. The summed E-state index contributed by atoms with van der Waals surface area (Å²) in [6.45, 7) is 4.00. The molecule has 2 aromatic carbocycles. The van der Waals surface area contributed by atoms with E-state index in [9.17, 15) is 13.2 Å². The molecule has 2 heterocycles. The Morgan fingerprint density at radius 3 is 2.76 bits per heavy atom. The topological polar surface area (TPSA) is 21.3 Å². The summed E-state index contributed by atoms with van der Waals surface area (Å²) in [6, 6.07) is 11.6. The molecule has 4 rings (SSSR count). The van der Waals surface area contributed by atoms with Gasteiger partial charge in [-0.25, -0.2) is 0 Å². The lowest BCUT2D eigenvalue weighted by Crippen LogP contribution is -2.49. The first-order valence-electron chi connectivity index (χ1n) is 8.53. The minimum absolute atomic E-state index is 0.0234. The van der Waals surface area contributed by atoms with E-state index in [0.29, 0.717) is 12.0 Å². The van der Waals surface area contributed by atoms with Crippen LogP contribution in [-0.4, -0.2) is 19.2 Å². The van der Waals surface area contributed by atoms with E-state index < -0.39 is 11.7 Å². The van der Waals surface area contributed by atoms with Gasteiger partial charge in [0.25, 0.3) is 0 Å². The Labute approximate surface area is 145 Å². The highest BCUT2D eigenvalue weighted by molar-refractivity contribution is 5.48. The second-order valence-electron chi connectivity index (χ2n) is 7.18. The summed E-state index contributed by atoms with van der Waals surface area (Å²) in [4.78, 5) is 0. The number of hydrogen-bond acceptors (Lipinski definition) is 2. The molecule has 0 spiro atoms. The Kier molecular flexibility index (Phi) is 3.80. The Hall–Kier alpha value is -2.01. The van der Waals surface area contributed by atoms with Crippen molar-refractivity contribution in [2.75, 3.05) is 13.1 Å². The second-order valence-corrected chi connectivity index (χ2v) is 7.18. The maximum atomic E-state index is 12.9. The van der Waals surface area contributed by atoms with E-state index in [0.717, 1.165) is 36.9 Å². The lowest BCUT2D eigenvalue weighted by molar-refractivity contribution is -0.137. The molecule has 0 radical (unpaired) electrons. The summed E-state index contributed by atoms with van der Waals surface area (Å²) < 4.78 is 44.8. The van der Waals surface area contributed by atoms with Gasteiger partial charge in [0, 0.05) is 17.5 Å². The number of piperidine rings is 1. The molecule has 0 aliphatic carbocycles. The molecule has 2 atom stereocenters. The molecule has 1 saturated heterocycles. The number of fused-ring (bicyclic) bond motifs is 3. The average molecular weight is 347 g/mol. The quantitative estimate of drug-likeness (QED) is 0.874. The van der Waals surface area contributed by atoms with Crippen LogP contribution in [0, 0.1) is 0 Å². The fraction of sp³-hybridized carbons (Fsp3) is 0.400. The van der Waals surface area contributed by atoms with Crippen LogP contribution in [0.3, 0.4) is 0 Å². The number of rotatable bonds is 2. The third kappa shape index (κ3) is 2.91. The van der Waals surface area contributed by atoms with Gasteiger partial charge in [0.05, 0.1) is 5.56 Å². The van der Waals surface area contributed by atoms with Crippen molar-refractivity contribution in [1.82, 2.24) is 5.32 Å². The maximum Gasteiger partial charge on any atom is 0.416 e. The molecule has 0 saturated carbocycles. The number of alkyl halides is 3.